The Bertz CT molecular complexity index is 695. The average Bonchev–Trinajstić information content (AvgIpc) is 2.90. The van der Waals surface area contributed by atoms with Crippen LogP contribution in [-0.2, 0) is 14.8 Å². The third-order valence-corrected chi connectivity index (χ3v) is 6.59. The van der Waals surface area contributed by atoms with Gasteiger partial charge in [-0.15, -0.1) is 0 Å². The number of hydrogen-bond acceptors (Lipinski definition) is 4. The van der Waals surface area contributed by atoms with E-state index in [0.717, 1.165) is 25.7 Å². The summed E-state index contributed by atoms with van der Waals surface area (Å²) in [5.41, 5.74) is 0.392. The Labute approximate surface area is 150 Å². The molecular weight excluding hydrogens is 340 g/mol. The second-order valence-electron chi connectivity index (χ2n) is 6.48. The van der Waals surface area contributed by atoms with Gasteiger partial charge >= 0.3 is 0 Å². The van der Waals surface area contributed by atoms with E-state index in [4.69, 9.17) is 4.74 Å². The summed E-state index contributed by atoms with van der Waals surface area (Å²) in [6.45, 7) is 4.85. The van der Waals surface area contributed by atoms with Gasteiger partial charge in [-0.1, -0.05) is 26.7 Å². The van der Waals surface area contributed by atoms with Crippen LogP contribution >= 0.6 is 0 Å². The third kappa shape index (κ3) is 4.73. The number of ether oxygens (including phenoxy) is 1. The van der Waals surface area contributed by atoms with Crippen LogP contribution in [0.1, 0.15) is 46.0 Å². The first-order chi connectivity index (χ1) is 11.9. The van der Waals surface area contributed by atoms with Gasteiger partial charge in [-0.2, -0.15) is 4.31 Å². The fourth-order valence-corrected chi connectivity index (χ4v) is 4.36. The molecule has 1 aromatic rings. The number of hydrogen-bond donors (Lipinski definition) is 1. The van der Waals surface area contributed by atoms with Crippen LogP contribution in [0.25, 0.3) is 0 Å². The maximum absolute atomic E-state index is 12.9. The summed E-state index contributed by atoms with van der Waals surface area (Å²) in [6, 6.07) is 4.63. The first-order valence-corrected chi connectivity index (χ1v) is 10.3. The minimum absolute atomic E-state index is 0.148. The van der Waals surface area contributed by atoms with Gasteiger partial charge in [0.05, 0.1) is 17.7 Å². The van der Waals surface area contributed by atoms with Gasteiger partial charge in [0.25, 0.3) is 0 Å². The van der Waals surface area contributed by atoms with Crippen molar-refractivity contribution in [2.24, 2.45) is 5.92 Å². The lowest BCUT2D eigenvalue weighted by atomic mass is 10.1. The lowest BCUT2D eigenvalue weighted by Gasteiger charge is -2.21. The normalized spacial score (nSPS) is 17.6. The van der Waals surface area contributed by atoms with Gasteiger partial charge < -0.3 is 10.1 Å². The number of amides is 1. The molecule has 140 valence electrons. The first-order valence-electron chi connectivity index (χ1n) is 8.89. The predicted octanol–water partition coefficient (Wildman–Crippen LogP) is 3.24. The van der Waals surface area contributed by atoms with E-state index < -0.39 is 10.0 Å². The van der Waals surface area contributed by atoms with Gasteiger partial charge in [0.2, 0.25) is 15.9 Å². The van der Waals surface area contributed by atoms with Crippen LogP contribution in [0.3, 0.4) is 0 Å². The zero-order valence-corrected chi connectivity index (χ0v) is 16.1. The standard InChI is InChI=1S/C18H28N2O4S/c1-4-14(2)18(21)19-16-13-15(9-10-17(16)24-3)25(22,23)20-11-7-5-6-8-12-20/h9-10,13-14H,4-8,11-12H2,1-3H3,(H,19,21). The molecule has 1 unspecified atom stereocenters. The molecule has 1 aromatic carbocycles. The van der Waals surface area contributed by atoms with Crippen molar-refractivity contribution in [2.75, 3.05) is 25.5 Å². The van der Waals surface area contributed by atoms with E-state index in [0.29, 0.717) is 30.9 Å². The molecule has 1 fully saturated rings. The summed E-state index contributed by atoms with van der Waals surface area (Å²) >= 11 is 0. The Balaban J connectivity index is 2.32. The van der Waals surface area contributed by atoms with Crippen molar-refractivity contribution >= 4 is 21.6 Å². The van der Waals surface area contributed by atoms with Crippen molar-refractivity contribution in [3.8, 4) is 5.75 Å². The summed E-state index contributed by atoms with van der Waals surface area (Å²) < 4.78 is 32.7. The highest BCUT2D eigenvalue weighted by Crippen LogP contribution is 2.30. The molecule has 0 saturated carbocycles. The molecule has 1 aliphatic rings. The number of rotatable bonds is 6. The highest BCUT2D eigenvalue weighted by atomic mass is 32.2. The third-order valence-electron chi connectivity index (χ3n) is 4.69. The zero-order valence-electron chi connectivity index (χ0n) is 15.2. The fraction of sp³-hybridized carbons (Fsp3) is 0.611. The number of nitrogens with zero attached hydrogens (tertiary/aromatic N) is 1. The van der Waals surface area contributed by atoms with Gasteiger partial charge in [0.15, 0.2) is 0 Å². The van der Waals surface area contributed by atoms with Crippen LogP contribution in [0.4, 0.5) is 5.69 Å². The molecular formula is C18H28N2O4S. The molecule has 1 saturated heterocycles. The summed E-state index contributed by atoms with van der Waals surface area (Å²) in [5, 5.41) is 2.79. The summed E-state index contributed by atoms with van der Waals surface area (Å²) in [5.74, 6) is 0.146. The topological polar surface area (TPSA) is 75.7 Å². The Morgan fingerprint density at radius 1 is 1.24 bits per heavy atom. The van der Waals surface area contributed by atoms with E-state index in [2.05, 4.69) is 5.32 Å². The van der Waals surface area contributed by atoms with E-state index in [1.807, 2.05) is 13.8 Å². The Hall–Kier alpha value is -1.60. The van der Waals surface area contributed by atoms with Gasteiger partial charge in [0, 0.05) is 19.0 Å². The largest absolute Gasteiger partial charge is 0.495 e. The first kappa shape index (κ1) is 19.7. The van der Waals surface area contributed by atoms with Crippen LogP contribution in [0.2, 0.25) is 0 Å². The molecule has 6 nitrogen and oxygen atoms in total. The monoisotopic (exact) mass is 368 g/mol. The number of nitrogens with one attached hydrogen (secondary N) is 1. The molecule has 0 radical (unpaired) electrons. The molecule has 1 heterocycles. The van der Waals surface area contributed by atoms with Gasteiger partial charge in [-0.3, -0.25) is 4.79 Å². The number of carbonyl (C=O) groups excluding carboxylic acids is 1. The second-order valence-corrected chi connectivity index (χ2v) is 8.42. The molecule has 2 rings (SSSR count). The molecule has 0 aromatic heterocycles. The SMILES string of the molecule is CCC(C)C(=O)Nc1cc(S(=O)(=O)N2CCCCCC2)ccc1OC. The average molecular weight is 368 g/mol. The lowest BCUT2D eigenvalue weighted by Crippen LogP contribution is -2.32. The van der Waals surface area contributed by atoms with Crippen LogP contribution in [0.15, 0.2) is 23.1 Å². The Morgan fingerprint density at radius 2 is 1.88 bits per heavy atom. The minimum atomic E-state index is -3.57. The van der Waals surface area contributed by atoms with Crippen molar-refractivity contribution in [1.82, 2.24) is 4.31 Å². The predicted molar refractivity (Wildman–Crippen MR) is 98.3 cm³/mol. The number of carbonyl (C=O) groups is 1. The minimum Gasteiger partial charge on any atom is -0.495 e. The Morgan fingerprint density at radius 3 is 2.44 bits per heavy atom. The van der Waals surface area contributed by atoms with Gasteiger partial charge in [-0.25, -0.2) is 8.42 Å². The molecule has 0 bridgehead atoms. The smallest absolute Gasteiger partial charge is 0.243 e. The van der Waals surface area contributed by atoms with Gasteiger partial charge in [-0.05, 0) is 37.5 Å². The summed E-state index contributed by atoms with van der Waals surface area (Å²) in [4.78, 5) is 12.4. The number of benzene rings is 1. The molecule has 1 aliphatic heterocycles. The maximum Gasteiger partial charge on any atom is 0.243 e. The lowest BCUT2D eigenvalue weighted by molar-refractivity contribution is -0.119. The molecule has 1 atom stereocenters. The molecule has 0 aliphatic carbocycles. The van der Waals surface area contributed by atoms with Crippen molar-refractivity contribution in [3.63, 3.8) is 0 Å². The highest BCUT2D eigenvalue weighted by molar-refractivity contribution is 7.89. The van der Waals surface area contributed by atoms with Crippen molar-refractivity contribution in [3.05, 3.63) is 18.2 Å². The van der Waals surface area contributed by atoms with Crippen molar-refractivity contribution in [2.45, 2.75) is 50.8 Å². The Kier molecular flexibility index (Phi) is 6.84. The molecule has 1 amide bonds. The van der Waals surface area contributed by atoms with Gasteiger partial charge in [0.1, 0.15) is 5.75 Å². The number of methoxy groups -OCH3 is 1. The van der Waals surface area contributed by atoms with E-state index in [1.54, 1.807) is 10.4 Å². The maximum atomic E-state index is 12.9. The molecule has 7 heteroatoms. The van der Waals surface area contributed by atoms with E-state index >= 15 is 0 Å². The van der Waals surface area contributed by atoms with Crippen LogP contribution in [0.5, 0.6) is 5.75 Å². The van der Waals surface area contributed by atoms with Crippen LogP contribution < -0.4 is 10.1 Å². The zero-order chi connectivity index (χ0) is 18.4. The molecule has 0 spiro atoms. The quantitative estimate of drug-likeness (QED) is 0.836. The number of anilines is 1. The second kappa shape index (κ2) is 8.67. The highest BCUT2D eigenvalue weighted by Gasteiger charge is 2.26. The van der Waals surface area contributed by atoms with E-state index in [9.17, 15) is 13.2 Å². The fourth-order valence-electron chi connectivity index (χ4n) is 2.82. The van der Waals surface area contributed by atoms with Crippen LogP contribution in [0, 0.1) is 5.92 Å². The van der Waals surface area contributed by atoms with E-state index in [1.165, 1.54) is 19.2 Å². The van der Waals surface area contributed by atoms with E-state index in [-0.39, 0.29) is 16.7 Å². The van der Waals surface area contributed by atoms with Crippen LogP contribution in [-0.4, -0.2) is 38.8 Å². The molecule has 25 heavy (non-hydrogen) atoms. The molecule has 1 N–H and O–H groups in total. The summed E-state index contributed by atoms with van der Waals surface area (Å²) in [6.07, 6.45) is 4.59. The van der Waals surface area contributed by atoms with Crippen molar-refractivity contribution < 1.29 is 17.9 Å². The van der Waals surface area contributed by atoms with Crippen molar-refractivity contribution in [1.29, 1.82) is 0 Å². The number of sulfonamides is 1. The summed E-state index contributed by atoms with van der Waals surface area (Å²) in [7, 11) is -2.07.